The van der Waals surface area contributed by atoms with Crippen molar-refractivity contribution in [1.82, 2.24) is 19.4 Å². The Hall–Kier alpha value is -1.62. The van der Waals surface area contributed by atoms with E-state index in [1.165, 1.54) is 4.31 Å². The van der Waals surface area contributed by atoms with Crippen LogP contribution in [0.2, 0.25) is 0 Å². The van der Waals surface area contributed by atoms with Gasteiger partial charge in [-0.3, -0.25) is 4.79 Å². The zero-order chi connectivity index (χ0) is 21.6. The van der Waals surface area contributed by atoms with Crippen LogP contribution in [0.25, 0.3) is 0 Å². The minimum Gasteiger partial charge on any atom is -0.340 e. The van der Waals surface area contributed by atoms with Crippen molar-refractivity contribution in [2.24, 2.45) is 0 Å². The molecule has 7 nitrogen and oxygen atoms in total. The Labute approximate surface area is 177 Å². The van der Waals surface area contributed by atoms with Crippen molar-refractivity contribution in [3.63, 3.8) is 0 Å². The van der Waals surface area contributed by atoms with Gasteiger partial charge in [-0.2, -0.15) is 4.31 Å². The molecule has 1 N–H and O–H groups in total. The van der Waals surface area contributed by atoms with Crippen LogP contribution in [0.1, 0.15) is 25.7 Å². The molecule has 0 atom stereocenters. The molecular formula is C20H30F2N4O3S. The number of halogens is 2. The van der Waals surface area contributed by atoms with Gasteiger partial charge in [0.1, 0.15) is 0 Å². The maximum atomic E-state index is 13.7. The van der Waals surface area contributed by atoms with Crippen LogP contribution >= 0.6 is 0 Å². The third-order valence-electron chi connectivity index (χ3n) is 5.65. The smallest absolute Gasteiger partial charge is 0.243 e. The van der Waals surface area contributed by atoms with Crippen molar-refractivity contribution >= 4 is 15.9 Å². The Morgan fingerprint density at radius 3 is 2.40 bits per heavy atom. The van der Waals surface area contributed by atoms with E-state index in [0.29, 0.717) is 25.6 Å². The number of carbonyl (C=O) groups is 1. The highest BCUT2D eigenvalue weighted by Gasteiger charge is 2.27. The lowest BCUT2D eigenvalue weighted by molar-refractivity contribution is -0.131. The molecule has 2 aliphatic heterocycles. The highest BCUT2D eigenvalue weighted by atomic mass is 32.2. The predicted molar refractivity (Wildman–Crippen MR) is 109 cm³/mol. The van der Waals surface area contributed by atoms with Gasteiger partial charge in [-0.1, -0.05) is 0 Å². The summed E-state index contributed by atoms with van der Waals surface area (Å²) in [6, 6.07) is 2.59. The molecule has 2 heterocycles. The van der Waals surface area contributed by atoms with E-state index < -0.39 is 21.7 Å². The van der Waals surface area contributed by atoms with Gasteiger partial charge in [0.15, 0.2) is 11.6 Å². The second kappa shape index (κ2) is 10.6. The predicted octanol–water partition coefficient (Wildman–Crippen LogP) is 1.26. The van der Waals surface area contributed by atoms with E-state index in [9.17, 15) is 22.0 Å². The number of nitrogens with one attached hydrogen (secondary N) is 1. The number of carbonyl (C=O) groups excluding carboxylic acids is 1. The molecule has 0 aliphatic carbocycles. The van der Waals surface area contributed by atoms with Crippen molar-refractivity contribution in [1.29, 1.82) is 0 Å². The largest absolute Gasteiger partial charge is 0.340 e. The van der Waals surface area contributed by atoms with Gasteiger partial charge in [0.25, 0.3) is 0 Å². The molecule has 0 unspecified atom stereocenters. The van der Waals surface area contributed by atoms with Crippen molar-refractivity contribution in [3.05, 3.63) is 29.8 Å². The van der Waals surface area contributed by atoms with Crippen molar-refractivity contribution < 1.29 is 22.0 Å². The molecule has 0 saturated carbocycles. The third kappa shape index (κ3) is 5.96. The average molecular weight is 445 g/mol. The average Bonchev–Trinajstić information content (AvgIpc) is 3.26. The van der Waals surface area contributed by atoms with Crippen LogP contribution in [0.5, 0.6) is 0 Å². The van der Waals surface area contributed by atoms with E-state index in [1.807, 2.05) is 0 Å². The Morgan fingerprint density at radius 1 is 1.03 bits per heavy atom. The molecule has 1 amide bonds. The van der Waals surface area contributed by atoms with Crippen LogP contribution in [0.3, 0.4) is 0 Å². The maximum Gasteiger partial charge on any atom is 0.243 e. The van der Waals surface area contributed by atoms with Gasteiger partial charge in [-0.25, -0.2) is 17.2 Å². The summed E-state index contributed by atoms with van der Waals surface area (Å²) in [6.07, 6.45) is 2.98. The molecule has 2 fully saturated rings. The summed E-state index contributed by atoms with van der Waals surface area (Å²) in [5.41, 5.74) is 0. The molecule has 0 spiro atoms. The lowest BCUT2D eigenvalue weighted by Gasteiger charge is -2.29. The number of benzene rings is 1. The number of piperazine rings is 1. The summed E-state index contributed by atoms with van der Waals surface area (Å²) >= 11 is 0. The number of amides is 1. The van der Waals surface area contributed by atoms with Crippen LogP contribution < -0.4 is 5.32 Å². The first kappa shape index (κ1) is 23.1. The van der Waals surface area contributed by atoms with Gasteiger partial charge in [0, 0.05) is 45.7 Å². The van der Waals surface area contributed by atoms with E-state index in [2.05, 4.69) is 10.2 Å². The van der Waals surface area contributed by atoms with Crippen molar-refractivity contribution in [3.8, 4) is 0 Å². The van der Waals surface area contributed by atoms with Crippen LogP contribution in [-0.4, -0.2) is 87.3 Å². The minimum absolute atomic E-state index is 0.0179. The van der Waals surface area contributed by atoms with Gasteiger partial charge in [-0.15, -0.1) is 0 Å². The number of hydrogen-bond acceptors (Lipinski definition) is 5. The Morgan fingerprint density at radius 2 is 1.73 bits per heavy atom. The van der Waals surface area contributed by atoms with Gasteiger partial charge in [0.05, 0.1) is 4.90 Å². The Kier molecular flexibility index (Phi) is 8.15. The first-order valence-electron chi connectivity index (χ1n) is 10.5. The monoisotopic (exact) mass is 444 g/mol. The molecule has 1 aromatic carbocycles. The topological polar surface area (TPSA) is 73.0 Å². The van der Waals surface area contributed by atoms with Crippen LogP contribution in [-0.2, 0) is 14.8 Å². The van der Waals surface area contributed by atoms with Crippen molar-refractivity contribution in [2.75, 3.05) is 58.9 Å². The fourth-order valence-electron chi connectivity index (χ4n) is 3.91. The quantitative estimate of drug-likeness (QED) is 0.621. The first-order valence-corrected chi connectivity index (χ1v) is 12.0. The molecular weight excluding hydrogens is 414 g/mol. The van der Waals surface area contributed by atoms with Crippen LogP contribution in [0.4, 0.5) is 8.78 Å². The molecule has 2 aliphatic rings. The number of likely N-dealkylation sites (tertiary alicyclic amines) is 1. The SMILES string of the molecule is O=C(CCN(CCCN1CCCC1)S(=O)(=O)c1ccc(F)c(F)c1)N1CCNCC1. The van der Waals surface area contributed by atoms with E-state index in [-0.39, 0.29) is 30.3 Å². The third-order valence-corrected chi connectivity index (χ3v) is 7.55. The molecule has 168 valence electrons. The summed E-state index contributed by atoms with van der Waals surface area (Å²) in [5.74, 6) is -2.39. The number of hydrogen-bond donors (Lipinski definition) is 1. The van der Waals surface area contributed by atoms with Crippen molar-refractivity contribution in [2.45, 2.75) is 30.6 Å². The maximum absolute atomic E-state index is 13.7. The molecule has 10 heteroatoms. The second-order valence-electron chi connectivity index (χ2n) is 7.76. The molecule has 0 radical (unpaired) electrons. The molecule has 30 heavy (non-hydrogen) atoms. The lowest BCUT2D eigenvalue weighted by Crippen LogP contribution is -2.47. The normalized spacial score (nSPS) is 18.3. The van der Waals surface area contributed by atoms with Gasteiger partial charge >= 0.3 is 0 Å². The van der Waals surface area contributed by atoms with E-state index in [1.54, 1.807) is 4.90 Å². The number of rotatable bonds is 9. The summed E-state index contributed by atoms with van der Waals surface area (Å²) in [5, 5.41) is 3.17. The molecule has 1 aromatic rings. The molecule has 2 saturated heterocycles. The summed E-state index contributed by atoms with van der Waals surface area (Å²) in [7, 11) is -4.04. The lowest BCUT2D eigenvalue weighted by atomic mass is 10.3. The zero-order valence-corrected chi connectivity index (χ0v) is 18.0. The molecule has 3 rings (SSSR count). The summed E-state index contributed by atoms with van der Waals surface area (Å²) in [4.78, 5) is 16.2. The second-order valence-corrected chi connectivity index (χ2v) is 9.70. The highest BCUT2D eigenvalue weighted by molar-refractivity contribution is 7.89. The van der Waals surface area contributed by atoms with Crippen LogP contribution in [0, 0.1) is 11.6 Å². The molecule has 0 bridgehead atoms. The first-order chi connectivity index (χ1) is 14.4. The molecule has 0 aromatic heterocycles. The summed E-state index contributed by atoms with van der Waals surface area (Å²) < 4.78 is 54.4. The summed E-state index contributed by atoms with van der Waals surface area (Å²) in [6.45, 7) is 5.69. The fraction of sp³-hybridized carbons (Fsp3) is 0.650. The standard InChI is InChI=1S/C20H30F2N4O3S/c21-18-5-4-17(16-19(18)22)30(28,29)26(12-3-11-24-9-1-2-10-24)13-6-20(27)25-14-7-23-8-15-25/h4-5,16,23H,1-3,6-15H2. The van der Waals surface area contributed by atoms with E-state index in [4.69, 9.17) is 0 Å². The van der Waals surface area contributed by atoms with E-state index >= 15 is 0 Å². The fourth-order valence-corrected chi connectivity index (χ4v) is 5.40. The minimum atomic E-state index is -4.04. The Bertz CT molecular complexity index is 825. The zero-order valence-electron chi connectivity index (χ0n) is 17.2. The van der Waals surface area contributed by atoms with Gasteiger partial charge < -0.3 is 15.1 Å². The Balaban J connectivity index is 1.68. The number of nitrogens with zero attached hydrogens (tertiary/aromatic N) is 3. The van der Waals surface area contributed by atoms with Gasteiger partial charge in [-0.05, 0) is 57.1 Å². The van der Waals surface area contributed by atoms with Crippen LogP contribution in [0.15, 0.2) is 23.1 Å². The highest BCUT2D eigenvalue weighted by Crippen LogP contribution is 2.20. The van der Waals surface area contributed by atoms with E-state index in [0.717, 1.165) is 57.7 Å². The number of sulfonamides is 1. The van der Waals surface area contributed by atoms with Gasteiger partial charge in [0.2, 0.25) is 15.9 Å².